The van der Waals surface area contributed by atoms with Crippen LogP contribution in [0, 0.1) is 20.8 Å². The van der Waals surface area contributed by atoms with Crippen LogP contribution >= 0.6 is 24.4 Å². The molecule has 2 heterocycles. The van der Waals surface area contributed by atoms with Gasteiger partial charge < -0.3 is 16.0 Å². The number of aryl methyl sites for hydroxylation is 3. The highest BCUT2D eigenvalue weighted by Crippen LogP contribution is 2.36. The van der Waals surface area contributed by atoms with Crippen LogP contribution in [0.3, 0.4) is 0 Å². The summed E-state index contributed by atoms with van der Waals surface area (Å²) in [4.78, 5) is 18.9. The van der Waals surface area contributed by atoms with E-state index in [9.17, 15) is 4.79 Å². The molecule has 0 fully saturated rings. The second kappa shape index (κ2) is 10.3. The third kappa shape index (κ3) is 5.08. The first-order chi connectivity index (χ1) is 12.4. The molecule has 1 unspecified atom stereocenters. The van der Waals surface area contributed by atoms with Gasteiger partial charge in [-0.3, -0.25) is 9.78 Å². The van der Waals surface area contributed by atoms with E-state index in [1.54, 1.807) is 11.8 Å². The zero-order valence-electron chi connectivity index (χ0n) is 16.2. The van der Waals surface area contributed by atoms with Gasteiger partial charge in [0.25, 0.3) is 5.91 Å². The Hall–Kier alpha value is -1.86. The van der Waals surface area contributed by atoms with Crippen LogP contribution in [-0.2, 0) is 4.79 Å². The number of rotatable bonds is 4. The van der Waals surface area contributed by atoms with Crippen LogP contribution in [-0.4, -0.2) is 28.3 Å². The topological polar surface area (TPSA) is 71.2 Å². The van der Waals surface area contributed by atoms with Crippen molar-refractivity contribution in [1.82, 2.24) is 15.2 Å². The summed E-state index contributed by atoms with van der Waals surface area (Å²) in [6, 6.07) is 2.07. The number of thioether (sulfide) groups is 1. The minimum absolute atomic E-state index is 0.193. The number of hydrogen-bond acceptors (Lipinski definition) is 6. The van der Waals surface area contributed by atoms with Crippen molar-refractivity contribution in [2.24, 2.45) is 5.73 Å². The maximum Gasteiger partial charge on any atom is 0.254 e. The number of nitrogens with zero attached hydrogens (tertiary/aromatic N) is 2. The summed E-state index contributed by atoms with van der Waals surface area (Å²) in [5.74, 6) is -0.221. The SMILES string of the molecule is CC.Cc1cc(C)c(C2=CSC(NC(=O)C(/C=C\N)=C/S)N2C)c(C)n1. The quantitative estimate of drug-likeness (QED) is 0.414. The Morgan fingerprint density at radius 3 is 2.58 bits per heavy atom. The number of aromatic nitrogens is 1. The lowest BCUT2D eigenvalue weighted by Crippen LogP contribution is -2.41. The van der Waals surface area contributed by atoms with E-state index in [0.29, 0.717) is 5.57 Å². The molecular formula is C19H28N4OS2. The molecule has 1 aliphatic heterocycles. The fraction of sp³-hybridized carbons (Fsp3) is 0.368. The van der Waals surface area contributed by atoms with Crippen LogP contribution in [0.2, 0.25) is 0 Å². The molecule has 0 aliphatic carbocycles. The second-order valence-electron chi connectivity index (χ2n) is 5.56. The summed E-state index contributed by atoms with van der Waals surface area (Å²) >= 11 is 5.59. The Bertz CT molecular complexity index is 718. The van der Waals surface area contributed by atoms with Gasteiger partial charge in [-0.05, 0) is 55.5 Å². The number of thiol groups is 1. The predicted molar refractivity (Wildman–Crippen MR) is 115 cm³/mol. The van der Waals surface area contributed by atoms with Crippen LogP contribution in [0.25, 0.3) is 5.70 Å². The van der Waals surface area contributed by atoms with E-state index >= 15 is 0 Å². The van der Waals surface area contributed by atoms with Gasteiger partial charge in [0, 0.05) is 29.6 Å². The van der Waals surface area contributed by atoms with E-state index < -0.39 is 0 Å². The predicted octanol–water partition coefficient (Wildman–Crippen LogP) is 3.70. The van der Waals surface area contributed by atoms with Gasteiger partial charge in [0.15, 0.2) is 5.50 Å². The Kier molecular flexibility index (Phi) is 8.81. The molecule has 1 aliphatic rings. The van der Waals surface area contributed by atoms with Gasteiger partial charge in [-0.25, -0.2) is 0 Å². The number of nitrogens with two attached hydrogens (primary N) is 1. The smallest absolute Gasteiger partial charge is 0.254 e. The van der Waals surface area contributed by atoms with Gasteiger partial charge in [-0.2, -0.15) is 12.6 Å². The first-order valence-corrected chi connectivity index (χ1v) is 9.92. The minimum atomic E-state index is -0.221. The van der Waals surface area contributed by atoms with Crippen molar-refractivity contribution < 1.29 is 4.79 Å². The van der Waals surface area contributed by atoms with E-state index in [1.165, 1.54) is 23.2 Å². The van der Waals surface area contributed by atoms with E-state index in [1.807, 2.05) is 39.6 Å². The van der Waals surface area contributed by atoms with Gasteiger partial charge >= 0.3 is 0 Å². The van der Waals surface area contributed by atoms with Crippen LogP contribution in [0.15, 0.2) is 34.7 Å². The lowest BCUT2D eigenvalue weighted by atomic mass is 10.0. The minimum Gasteiger partial charge on any atom is -0.405 e. The molecule has 0 aromatic carbocycles. The first kappa shape index (κ1) is 22.2. The Balaban J connectivity index is 0.00000163. The number of carbonyl (C=O) groups excluding carboxylic acids is 1. The van der Waals surface area contributed by atoms with Crippen molar-refractivity contribution in [3.05, 3.63) is 57.2 Å². The van der Waals surface area contributed by atoms with Crippen LogP contribution in [0.1, 0.15) is 36.4 Å². The lowest BCUT2D eigenvalue weighted by Gasteiger charge is -2.26. The third-order valence-corrected chi connectivity index (χ3v) is 5.08. The molecule has 1 atom stereocenters. The fourth-order valence-electron chi connectivity index (χ4n) is 2.68. The standard InChI is InChI=1S/C17H22N4OS2.C2H6/c1-10-7-11(2)19-12(3)15(10)14-9-24-17(21(14)4)20-16(22)13(8-23)5-6-18;1-2/h5-9,17,23H,18H2,1-4H3,(H,20,22);1-2H3/b6-5-,13-8+;. The molecule has 5 nitrogen and oxygen atoms in total. The molecule has 0 spiro atoms. The third-order valence-electron chi connectivity index (χ3n) is 3.75. The summed E-state index contributed by atoms with van der Waals surface area (Å²) in [6.45, 7) is 10.1. The maximum absolute atomic E-state index is 12.3. The van der Waals surface area contributed by atoms with Crippen molar-refractivity contribution in [2.45, 2.75) is 40.1 Å². The summed E-state index contributed by atoms with van der Waals surface area (Å²) < 4.78 is 0. The zero-order valence-corrected chi connectivity index (χ0v) is 17.9. The maximum atomic E-state index is 12.3. The molecular weight excluding hydrogens is 364 g/mol. The normalized spacial score (nSPS) is 17.0. The number of hydrogen-bond donors (Lipinski definition) is 3. The number of amides is 1. The Morgan fingerprint density at radius 1 is 1.38 bits per heavy atom. The Labute approximate surface area is 166 Å². The number of pyridine rings is 1. The Morgan fingerprint density at radius 2 is 2.04 bits per heavy atom. The molecule has 1 amide bonds. The average Bonchev–Trinajstić information content (AvgIpc) is 2.94. The van der Waals surface area contributed by atoms with Gasteiger partial charge in [0.2, 0.25) is 0 Å². The highest BCUT2D eigenvalue weighted by Gasteiger charge is 2.28. The number of carbonyl (C=O) groups is 1. The molecule has 0 bridgehead atoms. The van der Waals surface area contributed by atoms with Crippen molar-refractivity contribution in [2.75, 3.05) is 7.05 Å². The summed E-state index contributed by atoms with van der Waals surface area (Å²) in [5.41, 5.74) is 10.9. The largest absolute Gasteiger partial charge is 0.405 e. The molecule has 0 saturated carbocycles. The molecule has 3 N–H and O–H groups in total. The van der Waals surface area contributed by atoms with Crippen molar-refractivity contribution in [3.8, 4) is 0 Å². The molecule has 7 heteroatoms. The van der Waals surface area contributed by atoms with Crippen molar-refractivity contribution >= 4 is 36.0 Å². The second-order valence-corrected chi connectivity index (χ2v) is 6.77. The average molecular weight is 393 g/mol. The van der Waals surface area contributed by atoms with Gasteiger partial charge in [0.05, 0.1) is 5.70 Å². The van der Waals surface area contributed by atoms with Crippen molar-refractivity contribution in [1.29, 1.82) is 0 Å². The van der Waals surface area contributed by atoms with E-state index in [-0.39, 0.29) is 11.4 Å². The molecule has 142 valence electrons. The monoisotopic (exact) mass is 392 g/mol. The summed E-state index contributed by atoms with van der Waals surface area (Å²) in [6.07, 6.45) is 2.84. The first-order valence-electron chi connectivity index (χ1n) is 8.46. The van der Waals surface area contributed by atoms with E-state index in [4.69, 9.17) is 5.73 Å². The fourth-order valence-corrected chi connectivity index (χ4v) is 3.90. The molecule has 26 heavy (non-hydrogen) atoms. The van der Waals surface area contributed by atoms with E-state index in [0.717, 1.165) is 22.6 Å². The van der Waals surface area contributed by atoms with Gasteiger partial charge in [0.1, 0.15) is 0 Å². The zero-order chi connectivity index (χ0) is 19.9. The van der Waals surface area contributed by atoms with Gasteiger partial charge in [-0.1, -0.05) is 25.6 Å². The lowest BCUT2D eigenvalue weighted by molar-refractivity contribution is -0.117. The molecule has 2 rings (SSSR count). The van der Waals surface area contributed by atoms with E-state index in [2.05, 4.69) is 41.3 Å². The number of nitrogens with one attached hydrogen (secondary N) is 1. The summed E-state index contributed by atoms with van der Waals surface area (Å²) in [7, 11) is 1.96. The molecule has 0 saturated heterocycles. The van der Waals surface area contributed by atoms with Crippen molar-refractivity contribution in [3.63, 3.8) is 0 Å². The van der Waals surface area contributed by atoms with Gasteiger partial charge in [-0.15, -0.1) is 0 Å². The van der Waals surface area contributed by atoms with Crippen LogP contribution < -0.4 is 11.1 Å². The molecule has 0 radical (unpaired) electrons. The van der Waals surface area contributed by atoms with Crippen LogP contribution in [0.5, 0.6) is 0 Å². The highest BCUT2D eigenvalue weighted by molar-refractivity contribution is 8.03. The summed E-state index contributed by atoms with van der Waals surface area (Å²) in [5, 5.41) is 6.46. The molecule has 1 aromatic heterocycles. The van der Waals surface area contributed by atoms with Crippen LogP contribution in [0.4, 0.5) is 0 Å². The molecule has 1 aromatic rings. The highest BCUT2D eigenvalue weighted by atomic mass is 32.2.